The molecule has 0 radical (unpaired) electrons. The molecule has 0 aromatic rings. The second-order valence-electron chi connectivity index (χ2n) is 3.18. The Balaban J connectivity index is 1.82. The Morgan fingerprint density at radius 2 is 2.12 bits per heavy atom. The summed E-state index contributed by atoms with van der Waals surface area (Å²) in [6.45, 7) is 4.64. The molecule has 1 saturated carbocycles. The van der Waals surface area contributed by atoms with Crippen LogP contribution in [0.4, 0.5) is 0 Å². The molecule has 0 amide bonds. The lowest BCUT2D eigenvalue weighted by Gasteiger charge is -2.09. The lowest BCUT2D eigenvalue weighted by Crippen LogP contribution is -2.15. The van der Waals surface area contributed by atoms with Gasteiger partial charge < -0.3 is 5.32 Å². The Morgan fingerprint density at radius 3 is 2.25 bits per heavy atom. The van der Waals surface area contributed by atoms with Crippen molar-refractivity contribution < 1.29 is 0 Å². The van der Waals surface area contributed by atoms with Gasteiger partial charge in [-0.15, -0.1) is 0 Å². The van der Waals surface area contributed by atoms with Crippen LogP contribution in [0.5, 0.6) is 0 Å². The van der Waals surface area contributed by atoms with Gasteiger partial charge in [0.25, 0.3) is 0 Å². The number of hydrogen-bond donors (Lipinski definition) is 1. The van der Waals surface area contributed by atoms with Gasteiger partial charge in [-0.3, -0.25) is 0 Å². The van der Waals surface area contributed by atoms with Gasteiger partial charge in [0, 0.05) is 12.1 Å². The predicted molar refractivity (Wildman–Crippen MR) is 33.7 cm³/mol. The third-order valence-corrected chi connectivity index (χ3v) is 2.65. The highest BCUT2D eigenvalue weighted by Gasteiger charge is 2.65. The monoisotopic (exact) mass is 111 g/mol. The number of hydrogen-bond acceptors (Lipinski definition) is 1. The highest BCUT2D eigenvalue weighted by Crippen LogP contribution is 2.50. The first-order valence-corrected chi connectivity index (χ1v) is 3.60. The summed E-state index contributed by atoms with van der Waals surface area (Å²) in [5.41, 5.74) is 0. The van der Waals surface area contributed by atoms with Crippen molar-refractivity contribution in [2.75, 3.05) is 0 Å². The molecule has 2 rings (SSSR count). The Bertz CT molecular complexity index is 103. The smallest absolute Gasteiger partial charge is 0.0274 e. The molecule has 3 atom stereocenters. The Kier molecular flexibility index (Phi) is 0.762. The van der Waals surface area contributed by atoms with Crippen LogP contribution in [-0.2, 0) is 0 Å². The lowest BCUT2D eigenvalue weighted by molar-refractivity contribution is 0.419. The first-order valence-electron chi connectivity index (χ1n) is 3.60. The van der Waals surface area contributed by atoms with E-state index in [1.54, 1.807) is 0 Å². The van der Waals surface area contributed by atoms with Gasteiger partial charge in [-0.05, 0) is 11.8 Å². The molecular formula is C7H13N. The van der Waals surface area contributed by atoms with Crippen molar-refractivity contribution in [2.45, 2.75) is 32.4 Å². The third-order valence-electron chi connectivity index (χ3n) is 2.65. The number of fused-ring (bicyclic) bond motifs is 1. The van der Waals surface area contributed by atoms with Gasteiger partial charge in [-0.2, -0.15) is 0 Å². The summed E-state index contributed by atoms with van der Waals surface area (Å²) in [7, 11) is 0. The summed E-state index contributed by atoms with van der Waals surface area (Å²) >= 11 is 0. The van der Waals surface area contributed by atoms with Crippen molar-refractivity contribution in [2.24, 2.45) is 11.8 Å². The second kappa shape index (κ2) is 1.27. The van der Waals surface area contributed by atoms with E-state index in [0.29, 0.717) is 0 Å². The summed E-state index contributed by atoms with van der Waals surface area (Å²) in [6.07, 6.45) is 1.36. The maximum absolute atomic E-state index is 3.36. The van der Waals surface area contributed by atoms with E-state index in [1.807, 2.05) is 0 Å². The maximum Gasteiger partial charge on any atom is 0.0274 e. The first-order chi connectivity index (χ1) is 3.84. The average molecular weight is 111 g/mol. The topological polar surface area (TPSA) is 21.9 Å². The predicted octanol–water partition coefficient (Wildman–Crippen LogP) is 1.00. The van der Waals surface area contributed by atoms with Crippen LogP contribution in [0.25, 0.3) is 0 Å². The van der Waals surface area contributed by atoms with Gasteiger partial charge in [0.2, 0.25) is 0 Å². The van der Waals surface area contributed by atoms with Crippen LogP contribution >= 0.6 is 0 Å². The quantitative estimate of drug-likeness (QED) is 0.528. The minimum atomic E-state index is 0.963. The highest BCUT2D eigenvalue weighted by atomic mass is 15.3. The van der Waals surface area contributed by atoms with Gasteiger partial charge in [0.15, 0.2) is 0 Å². The van der Waals surface area contributed by atoms with Crippen molar-refractivity contribution >= 4 is 0 Å². The van der Waals surface area contributed by atoms with E-state index >= 15 is 0 Å². The molecule has 1 aliphatic heterocycles. The Labute approximate surface area is 50.5 Å². The van der Waals surface area contributed by atoms with Gasteiger partial charge >= 0.3 is 0 Å². The minimum Gasteiger partial charge on any atom is -0.307 e. The number of rotatable bonds is 2. The van der Waals surface area contributed by atoms with Gasteiger partial charge in [0.1, 0.15) is 0 Å². The van der Waals surface area contributed by atoms with Crippen LogP contribution in [0.15, 0.2) is 0 Å². The molecule has 1 nitrogen and oxygen atoms in total. The molecule has 1 saturated heterocycles. The van der Waals surface area contributed by atoms with Crippen LogP contribution in [0.2, 0.25) is 0 Å². The van der Waals surface area contributed by atoms with Crippen LogP contribution in [0, 0.1) is 11.8 Å². The maximum atomic E-state index is 3.36. The molecule has 1 N–H and O–H groups in total. The summed E-state index contributed by atoms with van der Waals surface area (Å²) in [4.78, 5) is 0. The van der Waals surface area contributed by atoms with Crippen molar-refractivity contribution in [3.8, 4) is 0 Å². The van der Waals surface area contributed by atoms with E-state index in [9.17, 15) is 0 Å². The molecule has 0 spiro atoms. The molecule has 2 aliphatic rings. The zero-order valence-corrected chi connectivity index (χ0v) is 5.52. The van der Waals surface area contributed by atoms with E-state index in [1.165, 1.54) is 6.42 Å². The van der Waals surface area contributed by atoms with Crippen LogP contribution in [0.1, 0.15) is 20.3 Å². The van der Waals surface area contributed by atoms with Gasteiger partial charge in [0.05, 0.1) is 0 Å². The molecule has 0 aromatic heterocycles. The van der Waals surface area contributed by atoms with Crippen molar-refractivity contribution in [3.63, 3.8) is 0 Å². The second-order valence-corrected chi connectivity index (χ2v) is 3.18. The molecule has 2 fully saturated rings. The molecule has 0 bridgehead atoms. The molecular weight excluding hydrogens is 98.1 g/mol. The average Bonchev–Trinajstić information content (AvgIpc) is 2.47. The normalized spacial score (nSPS) is 52.5. The Morgan fingerprint density at radius 1 is 1.50 bits per heavy atom. The SMILES string of the molecule is CCC(C)C1C2NC21. The summed E-state index contributed by atoms with van der Waals surface area (Å²) in [5, 5.41) is 3.36. The molecule has 1 aliphatic carbocycles. The number of nitrogens with one attached hydrogen (secondary N) is 1. The fourth-order valence-electron chi connectivity index (χ4n) is 1.58. The first kappa shape index (κ1) is 4.80. The minimum absolute atomic E-state index is 0.963. The fourth-order valence-corrected chi connectivity index (χ4v) is 1.58. The third kappa shape index (κ3) is 0.455. The van der Waals surface area contributed by atoms with E-state index in [-0.39, 0.29) is 0 Å². The van der Waals surface area contributed by atoms with Crippen molar-refractivity contribution in [1.29, 1.82) is 0 Å². The molecule has 3 unspecified atom stereocenters. The van der Waals surface area contributed by atoms with E-state index in [4.69, 9.17) is 0 Å². The fraction of sp³-hybridized carbons (Fsp3) is 1.00. The summed E-state index contributed by atoms with van der Waals surface area (Å²) in [6, 6.07) is 1.93. The molecule has 46 valence electrons. The van der Waals surface area contributed by atoms with Gasteiger partial charge in [-0.1, -0.05) is 20.3 Å². The standard InChI is InChI=1S/C7H13N/c1-3-4(2)5-6-7(5)8-6/h4-8H,3H2,1-2H3. The van der Waals surface area contributed by atoms with Crippen LogP contribution in [-0.4, -0.2) is 12.1 Å². The lowest BCUT2D eigenvalue weighted by atomic mass is 10.0. The highest BCUT2D eigenvalue weighted by molar-refractivity contribution is 5.25. The molecule has 1 heteroatoms. The molecule has 8 heavy (non-hydrogen) atoms. The Hall–Kier alpha value is -0.0400. The van der Waals surface area contributed by atoms with E-state index < -0.39 is 0 Å². The summed E-state index contributed by atoms with van der Waals surface area (Å²) < 4.78 is 0. The van der Waals surface area contributed by atoms with E-state index in [2.05, 4.69) is 19.2 Å². The largest absolute Gasteiger partial charge is 0.307 e. The molecule has 0 aromatic carbocycles. The molecule has 1 heterocycles. The van der Waals surface area contributed by atoms with Crippen molar-refractivity contribution in [1.82, 2.24) is 5.32 Å². The summed E-state index contributed by atoms with van der Waals surface area (Å²) in [5.74, 6) is 2.05. The van der Waals surface area contributed by atoms with Crippen LogP contribution < -0.4 is 5.32 Å². The van der Waals surface area contributed by atoms with Crippen molar-refractivity contribution in [3.05, 3.63) is 0 Å². The zero-order valence-electron chi connectivity index (χ0n) is 5.52. The zero-order chi connectivity index (χ0) is 5.72. The van der Waals surface area contributed by atoms with Crippen LogP contribution in [0.3, 0.4) is 0 Å². The van der Waals surface area contributed by atoms with Gasteiger partial charge in [-0.25, -0.2) is 0 Å². The van der Waals surface area contributed by atoms with E-state index in [0.717, 1.165) is 23.9 Å².